The molecule has 0 bridgehead atoms. The second kappa shape index (κ2) is 3.23. The Hall–Kier alpha value is -1.12. The number of nitrogens with zero attached hydrogens (tertiary/aromatic N) is 2. The third-order valence-corrected chi connectivity index (χ3v) is 3.05. The summed E-state index contributed by atoms with van der Waals surface area (Å²) in [7, 11) is 0. The zero-order valence-corrected chi connectivity index (χ0v) is 8.95. The lowest BCUT2D eigenvalue weighted by molar-refractivity contribution is 0.100. The van der Waals surface area contributed by atoms with Crippen molar-refractivity contribution in [2.75, 3.05) is 0 Å². The van der Waals surface area contributed by atoms with Crippen molar-refractivity contribution in [3.8, 4) is 0 Å². The topological polar surface area (TPSA) is 34.9 Å². The molecule has 14 heavy (non-hydrogen) atoms. The Morgan fingerprint density at radius 1 is 1.64 bits per heavy atom. The number of imidazole rings is 1. The molecular weight excluding hydrogens is 176 g/mol. The maximum atomic E-state index is 11.4. The number of ketones is 1. The number of aryl methyl sites for hydroxylation is 1. The average Bonchev–Trinajstić information content (AvgIpc) is 2.88. The van der Waals surface area contributed by atoms with Crippen LogP contribution in [-0.4, -0.2) is 15.3 Å². The van der Waals surface area contributed by atoms with E-state index in [4.69, 9.17) is 0 Å². The standard InChI is InChI=1S/C11H16N2O/c1-7(10-4-5-10)13-9(3)12-6-11(13)8(2)14/h6-7,10H,4-5H2,1-3H3. The van der Waals surface area contributed by atoms with E-state index in [9.17, 15) is 4.79 Å². The minimum atomic E-state index is 0.109. The smallest absolute Gasteiger partial charge is 0.177 e. The molecule has 0 amide bonds. The van der Waals surface area contributed by atoms with Gasteiger partial charge in [0.05, 0.1) is 6.20 Å². The molecule has 76 valence electrons. The van der Waals surface area contributed by atoms with E-state index in [0.29, 0.717) is 6.04 Å². The zero-order chi connectivity index (χ0) is 10.3. The van der Waals surface area contributed by atoms with Gasteiger partial charge in [-0.25, -0.2) is 4.98 Å². The van der Waals surface area contributed by atoms with Gasteiger partial charge in [-0.1, -0.05) is 0 Å². The van der Waals surface area contributed by atoms with E-state index < -0.39 is 0 Å². The Morgan fingerprint density at radius 3 is 2.79 bits per heavy atom. The lowest BCUT2D eigenvalue weighted by atomic mass is 10.2. The highest BCUT2D eigenvalue weighted by molar-refractivity contribution is 5.92. The summed E-state index contributed by atoms with van der Waals surface area (Å²) in [6.45, 7) is 5.75. The number of carbonyl (C=O) groups is 1. The molecule has 0 aliphatic heterocycles. The first-order valence-electron chi connectivity index (χ1n) is 5.16. The second-order valence-corrected chi connectivity index (χ2v) is 4.19. The van der Waals surface area contributed by atoms with E-state index in [0.717, 1.165) is 17.4 Å². The highest BCUT2D eigenvalue weighted by Crippen LogP contribution is 2.40. The lowest BCUT2D eigenvalue weighted by Gasteiger charge is -2.16. The van der Waals surface area contributed by atoms with Crippen LogP contribution in [0.4, 0.5) is 0 Å². The van der Waals surface area contributed by atoms with Crippen molar-refractivity contribution in [1.82, 2.24) is 9.55 Å². The summed E-state index contributed by atoms with van der Waals surface area (Å²) in [5.41, 5.74) is 0.752. The number of hydrogen-bond donors (Lipinski definition) is 0. The molecule has 0 saturated heterocycles. The molecule has 1 fully saturated rings. The average molecular weight is 192 g/mol. The molecular formula is C11H16N2O. The molecule has 0 radical (unpaired) electrons. The van der Waals surface area contributed by atoms with Crippen molar-refractivity contribution in [2.45, 2.75) is 39.7 Å². The van der Waals surface area contributed by atoms with Crippen molar-refractivity contribution < 1.29 is 4.79 Å². The van der Waals surface area contributed by atoms with Crippen LogP contribution in [0.25, 0.3) is 0 Å². The highest BCUT2D eigenvalue weighted by atomic mass is 16.1. The van der Waals surface area contributed by atoms with Crippen LogP contribution in [0.5, 0.6) is 0 Å². The van der Waals surface area contributed by atoms with Crippen LogP contribution in [0, 0.1) is 12.8 Å². The molecule has 1 aromatic heterocycles. The molecule has 1 aliphatic carbocycles. The van der Waals surface area contributed by atoms with Gasteiger partial charge in [-0.15, -0.1) is 0 Å². The van der Waals surface area contributed by atoms with E-state index in [2.05, 4.69) is 16.5 Å². The van der Waals surface area contributed by atoms with Crippen LogP contribution in [0.15, 0.2) is 6.20 Å². The van der Waals surface area contributed by atoms with Gasteiger partial charge in [-0.2, -0.15) is 0 Å². The fourth-order valence-electron chi connectivity index (χ4n) is 2.02. The van der Waals surface area contributed by atoms with Gasteiger partial charge < -0.3 is 4.57 Å². The van der Waals surface area contributed by atoms with E-state index in [-0.39, 0.29) is 5.78 Å². The number of carbonyl (C=O) groups excluding carboxylic acids is 1. The highest BCUT2D eigenvalue weighted by Gasteiger charge is 2.31. The fraction of sp³-hybridized carbons (Fsp3) is 0.636. The molecule has 1 saturated carbocycles. The third kappa shape index (κ3) is 1.47. The monoisotopic (exact) mass is 192 g/mol. The zero-order valence-electron chi connectivity index (χ0n) is 8.95. The van der Waals surface area contributed by atoms with Crippen LogP contribution in [0.1, 0.15) is 49.0 Å². The molecule has 1 unspecified atom stereocenters. The van der Waals surface area contributed by atoms with E-state index >= 15 is 0 Å². The fourth-order valence-corrected chi connectivity index (χ4v) is 2.02. The van der Waals surface area contributed by atoms with Gasteiger partial charge in [-0.05, 0) is 32.6 Å². The van der Waals surface area contributed by atoms with Crippen LogP contribution in [0.2, 0.25) is 0 Å². The molecule has 1 atom stereocenters. The van der Waals surface area contributed by atoms with Gasteiger partial charge in [0.1, 0.15) is 11.5 Å². The summed E-state index contributed by atoms with van der Waals surface area (Å²) in [5, 5.41) is 0. The van der Waals surface area contributed by atoms with Crippen molar-refractivity contribution in [3.63, 3.8) is 0 Å². The second-order valence-electron chi connectivity index (χ2n) is 4.19. The molecule has 0 spiro atoms. The van der Waals surface area contributed by atoms with Crippen LogP contribution in [0.3, 0.4) is 0 Å². The SMILES string of the molecule is CC(=O)c1cnc(C)n1C(C)C1CC1. The third-order valence-electron chi connectivity index (χ3n) is 3.05. The summed E-state index contributed by atoms with van der Waals surface area (Å²) >= 11 is 0. The summed E-state index contributed by atoms with van der Waals surface area (Å²) in [4.78, 5) is 15.6. The van der Waals surface area contributed by atoms with Crippen LogP contribution >= 0.6 is 0 Å². The first kappa shape index (κ1) is 9.44. The summed E-state index contributed by atoms with van der Waals surface area (Å²) < 4.78 is 2.08. The first-order chi connectivity index (χ1) is 6.61. The Kier molecular flexibility index (Phi) is 2.17. The maximum absolute atomic E-state index is 11.4. The molecule has 0 aromatic carbocycles. The van der Waals surface area contributed by atoms with Gasteiger partial charge in [0.25, 0.3) is 0 Å². The molecule has 3 heteroatoms. The Bertz CT molecular complexity index is 363. The van der Waals surface area contributed by atoms with Gasteiger partial charge in [0.15, 0.2) is 5.78 Å². The normalized spacial score (nSPS) is 18.2. The van der Waals surface area contributed by atoms with Gasteiger partial charge in [0.2, 0.25) is 0 Å². The molecule has 1 aromatic rings. The Morgan fingerprint density at radius 2 is 2.29 bits per heavy atom. The van der Waals surface area contributed by atoms with Crippen molar-refractivity contribution >= 4 is 5.78 Å². The van der Waals surface area contributed by atoms with Crippen molar-refractivity contribution in [1.29, 1.82) is 0 Å². The van der Waals surface area contributed by atoms with Crippen LogP contribution in [-0.2, 0) is 0 Å². The number of aromatic nitrogens is 2. The predicted molar refractivity (Wildman–Crippen MR) is 54.4 cm³/mol. The largest absolute Gasteiger partial charge is 0.323 e. The van der Waals surface area contributed by atoms with Gasteiger partial charge in [-0.3, -0.25) is 4.79 Å². The minimum Gasteiger partial charge on any atom is -0.323 e. The predicted octanol–water partition coefficient (Wildman–Crippen LogP) is 2.37. The van der Waals surface area contributed by atoms with Gasteiger partial charge in [0, 0.05) is 13.0 Å². The first-order valence-corrected chi connectivity index (χ1v) is 5.16. The molecule has 3 nitrogen and oxygen atoms in total. The summed E-state index contributed by atoms with van der Waals surface area (Å²) in [6.07, 6.45) is 4.27. The van der Waals surface area contributed by atoms with Crippen LogP contribution < -0.4 is 0 Å². The Balaban J connectivity index is 2.37. The summed E-state index contributed by atoms with van der Waals surface area (Å²) in [5.74, 6) is 1.81. The van der Waals surface area contributed by atoms with E-state index in [1.807, 2.05) is 6.92 Å². The quantitative estimate of drug-likeness (QED) is 0.689. The maximum Gasteiger partial charge on any atom is 0.177 e. The molecule has 1 aliphatic rings. The van der Waals surface area contributed by atoms with E-state index in [1.54, 1.807) is 13.1 Å². The van der Waals surface area contributed by atoms with Crippen molar-refractivity contribution in [2.24, 2.45) is 5.92 Å². The van der Waals surface area contributed by atoms with E-state index in [1.165, 1.54) is 12.8 Å². The molecule has 2 rings (SSSR count). The van der Waals surface area contributed by atoms with Crippen molar-refractivity contribution in [3.05, 3.63) is 17.7 Å². The number of rotatable bonds is 3. The van der Waals surface area contributed by atoms with Gasteiger partial charge >= 0.3 is 0 Å². The lowest BCUT2D eigenvalue weighted by Crippen LogP contribution is -2.14. The minimum absolute atomic E-state index is 0.109. The molecule has 1 heterocycles. The Labute approximate surface area is 84.1 Å². The number of hydrogen-bond acceptors (Lipinski definition) is 2. The molecule has 0 N–H and O–H groups in total. The summed E-state index contributed by atoms with van der Waals surface area (Å²) in [6, 6.07) is 0.427. The number of Topliss-reactive ketones (excluding diaryl/α,β-unsaturated/α-hetero) is 1.